The molecule has 8 nitrogen and oxygen atoms in total. The van der Waals surface area contributed by atoms with Crippen LogP contribution in [0.2, 0.25) is 0 Å². The lowest BCUT2D eigenvalue weighted by Gasteiger charge is -2.34. The van der Waals surface area contributed by atoms with Gasteiger partial charge >= 0.3 is 0 Å². The number of aryl methyl sites for hydroxylation is 1. The van der Waals surface area contributed by atoms with E-state index in [1.54, 1.807) is 22.7 Å². The molecule has 178 valence electrons. The van der Waals surface area contributed by atoms with E-state index in [-0.39, 0.29) is 12.4 Å². The first-order valence-corrected chi connectivity index (χ1v) is 13.0. The van der Waals surface area contributed by atoms with Crippen LogP contribution in [0, 0.1) is 0 Å². The Bertz CT molecular complexity index is 1400. The van der Waals surface area contributed by atoms with Crippen molar-refractivity contribution >= 4 is 60.8 Å². The van der Waals surface area contributed by atoms with Crippen molar-refractivity contribution in [3.05, 3.63) is 30.9 Å². The quantitative estimate of drug-likeness (QED) is 0.336. The Morgan fingerprint density at radius 2 is 2.06 bits per heavy atom. The molecule has 0 bridgehead atoms. The summed E-state index contributed by atoms with van der Waals surface area (Å²) < 4.78 is 1.93. The summed E-state index contributed by atoms with van der Waals surface area (Å²) in [5.74, 6) is 0. The molecule has 5 aromatic rings. The summed E-state index contributed by atoms with van der Waals surface area (Å²) in [5.41, 5.74) is 4.02. The van der Waals surface area contributed by atoms with Gasteiger partial charge in [-0.2, -0.15) is 5.10 Å². The Morgan fingerprint density at radius 3 is 2.82 bits per heavy atom. The number of nitrogens with one attached hydrogen (secondary N) is 2. The maximum absolute atomic E-state index is 4.94. The van der Waals surface area contributed by atoms with Gasteiger partial charge in [0.1, 0.15) is 10.7 Å². The van der Waals surface area contributed by atoms with Crippen LogP contribution < -0.4 is 10.2 Å². The average molecular weight is 515 g/mol. The molecule has 2 N–H and O–H groups in total. The molecule has 6 heterocycles. The smallest absolute Gasteiger partial charge is 0.188 e. The second-order valence-corrected chi connectivity index (χ2v) is 10.6. The summed E-state index contributed by atoms with van der Waals surface area (Å²) in [6.07, 6.45) is 10.1. The van der Waals surface area contributed by atoms with Crippen LogP contribution >= 0.6 is 35.1 Å². The van der Waals surface area contributed by atoms with Gasteiger partial charge in [0.25, 0.3) is 0 Å². The first-order chi connectivity index (χ1) is 16.1. The number of hydrogen-bond donors (Lipinski definition) is 2. The second kappa shape index (κ2) is 9.26. The number of H-pyrrole nitrogens is 1. The van der Waals surface area contributed by atoms with Crippen molar-refractivity contribution in [3.63, 3.8) is 0 Å². The summed E-state index contributed by atoms with van der Waals surface area (Å²) in [4.78, 5) is 22.4. The molecule has 5 aromatic heterocycles. The molecule has 2 atom stereocenters. The summed E-state index contributed by atoms with van der Waals surface area (Å²) >= 11 is 3.29. The normalized spacial score (nSPS) is 18.4. The Hall–Kier alpha value is -2.53. The van der Waals surface area contributed by atoms with Gasteiger partial charge in [0.15, 0.2) is 14.8 Å². The first kappa shape index (κ1) is 23.2. The highest BCUT2D eigenvalue weighted by molar-refractivity contribution is 7.29. The highest BCUT2D eigenvalue weighted by atomic mass is 35.5. The minimum Gasteiger partial charge on any atom is -0.359 e. The molecule has 0 radical (unpaired) electrons. The van der Waals surface area contributed by atoms with Gasteiger partial charge < -0.3 is 15.2 Å². The minimum atomic E-state index is 0. The molecule has 1 saturated heterocycles. The fourth-order valence-electron chi connectivity index (χ4n) is 4.62. The topological polar surface area (TPSA) is 87.5 Å². The molecule has 0 spiro atoms. The lowest BCUT2D eigenvalue weighted by Crippen LogP contribution is -2.45. The second-order valence-electron chi connectivity index (χ2n) is 8.64. The first-order valence-electron chi connectivity index (χ1n) is 11.3. The maximum atomic E-state index is 4.94. The van der Waals surface area contributed by atoms with Gasteiger partial charge in [0.05, 0.1) is 11.7 Å². The number of piperidine rings is 1. The molecule has 0 aliphatic carbocycles. The summed E-state index contributed by atoms with van der Waals surface area (Å²) in [6.45, 7) is 6.25. The highest BCUT2D eigenvalue weighted by Crippen LogP contribution is 2.39. The van der Waals surface area contributed by atoms with Crippen molar-refractivity contribution in [2.24, 2.45) is 0 Å². The van der Waals surface area contributed by atoms with E-state index in [4.69, 9.17) is 15.0 Å². The van der Waals surface area contributed by atoms with E-state index in [1.807, 2.05) is 23.3 Å². The van der Waals surface area contributed by atoms with Crippen LogP contribution in [0.15, 0.2) is 30.9 Å². The van der Waals surface area contributed by atoms with Crippen molar-refractivity contribution in [1.29, 1.82) is 0 Å². The predicted molar refractivity (Wildman–Crippen MR) is 143 cm³/mol. The van der Waals surface area contributed by atoms with Gasteiger partial charge in [0, 0.05) is 60.8 Å². The number of thiazole rings is 2. The van der Waals surface area contributed by atoms with Crippen LogP contribution in [0.1, 0.15) is 26.7 Å². The minimum absolute atomic E-state index is 0. The third-order valence-electron chi connectivity index (χ3n) is 6.48. The third kappa shape index (κ3) is 3.98. The van der Waals surface area contributed by atoms with E-state index in [2.05, 4.69) is 53.5 Å². The monoisotopic (exact) mass is 514 g/mol. The van der Waals surface area contributed by atoms with Gasteiger partial charge in [-0.1, -0.05) is 22.7 Å². The van der Waals surface area contributed by atoms with Crippen LogP contribution in [0.25, 0.3) is 42.4 Å². The molecule has 1 fully saturated rings. The number of nitrogens with zero attached hydrogens (tertiary/aromatic N) is 6. The van der Waals surface area contributed by atoms with Crippen molar-refractivity contribution in [2.45, 2.75) is 45.3 Å². The third-order valence-corrected chi connectivity index (χ3v) is 8.60. The number of rotatable bonds is 5. The van der Waals surface area contributed by atoms with Gasteiger partial charge in [-0.25, -0.2) is 9.97 Å². The number of fused-ring (bicyclic) bond motifs is 2. The van der Waals surface area contributed by atoms with Crippen molar-refractivity contribution in [3.8, 4) is 21.8 Å². The molecule has 1 aliphatic rings. The molecule has 0 aromatic carbocycles. The van der Waals surface area contributed by atoms with E-state index in [9.17, 15) is 0 Å². The lowest BCUT2D eigenvalue weighted by molar-refractivity contribution is 0.371. The number of halogens is 1. The van der Waals surface area contributed by atoms with Gasteiger partial charge in [-0.05, 0) is 39.3 Å². The zero-order valence-corrected chi connectivity index (χ0v) is 21.7. The molecule has 0 amide bonds. The van der Waals surface area contributed by atoms with Crippen LogP contribution in [0.4, 0.5) is 5.13 Å². The van der Waals surface area contributed by atoms with E-state index in [1.165, 1.54) is 0 Å². The van der Waals surface area contributed by atoms with Crippen molar-refractivity contribution < 1.29 is 0 Å². The Morgan fingerprint density at radius 1 is 1.21 bits per heavy atom. The largest absolute Gasteiger partial charge is 0.359 e. The fourth-order valence-corrected chi connectivity index (χ4v) is 6.69. The van der Waals surface area contributed by atoms with Crippen molar-refractivity contribution in [2.75, 3.05) is 18.5 Å². The van der Waals surface area contributed by atoms with E-state index in [0.29, 0.717) is 12.1 Å². The average Bonchev–Trinajstić information content (AvgIpc) is 3.61. The zero-order chi connectivity index (χ0) is 22.5. The SMILES string of the molecule is CCn1cc(-c2cnc(-c3nc4sc(N(C)[C@H]5CCN[C@H](C)C5)nc4s3)c3[nH]ccc23)cn1.Cl. The zero-order valence-electron chi connectivity index (χ0n) is 19.3. The number of pyridine rings is 1. The van der Waals surface area contributed by atoms with Gasteiger partial charge in [-0.15, -0.1) is 12.4 Å². The number of aromatic nitrogens is 6. The van der Waals surface area contributed by atoms with E-state index < -0.39 is 0 Å². The molecule has 0 unspecified atom stereocenters. The summed E-state index contributed by atoms with van der Waals surface area (Å²) in [5, 5.41) is 11.0. The lowest BCUT2D eigenvalue weighted by atomic mass is 10.00. The summed E-state index contributed by atoms with van der Waals surface area (Å²) in [6, 6.07) is 3.16. The highest BCUT2D eigenvalue weighted by Gasteiger charge is 2.25. The predicted octanol–water partition coefficient (Wildman–Crippen LogP) is 5.18. The Balaban J connectivity index is 0.00000241. The van der Waals surface area contributed by atoms with Crippen LogP contribution in [-0.4, -0.2) is 55.4 Å². The molecule has 11 heteroatoms. The molecule has 34 heavy (non-hydrogen) atoms. The molecular weight excluding hydrogens is 488 g/mol. The number of aromatic amines is 1. The van der Waals surface area contributed by atoms with Crippen LogP contribution in [0.5, 0.6) is 0 Å². The molecule has 6 rings (SSSR count). The standard InChI is InChI=1S/C23H26N8S2.ClH/c1-4-31-12-14(10-27-31)17-11-26-19(18-16(17)6-8-25-18)20-28-21-22(32-20)29-23(33-21)30(3)15-5-7-24-13(2)9-15;/h6,8,10-13,15,24-25H,4-5,7,9H2,1-3H3;1H/t13-,15+;/m1./s1. The van der Waals surface area contributed by atoms with Crippen molar-refractivity contribution in [1.82, 2.24) is 35.0 Å². The van der Waals surface area contributed by atoms with E-state index >= 15 is 0 Å². The van der Waals surface area contributed by atoms with Crippen LogP contribution in [0.3, 0.4) is 0 Å². The Kier molecular flexibility index (Phi) is 6.32. The van der Waals surface area contributed by atoms with Gasteiger partial charge in [-0.3, -0.25) is 9.67 Å². The fraction of sp³-hybridized carbons (Fsp3) is 0.391. The molecule has 1 aliphatic heterocycles. The molecule has 0 saturated carbocycles. The number of hydrogen-bond acceptors (Lipinski definition) is 8. The molecular formula is C23H27ClN8S2. The maximum Gasteiger partial charge on any atom is 0.188 e. The van der Waals surface area contributed by atoms with E-state index in [0.717, 1.165) is 73.5 Å². The summed E-state index contributed by atoms with van der Waals surface area (Å²) in [7, 11) is 2.16. The van der Waals surface area contributed by atoms with Gasteiger partial charge in [0.2, 0.25) is 0 Å². The number of anilines is 1. The van der Waals surface area contributed by atoms with Crippen LogP contribution in [-0.2, 0) is 6.54 Å². The Labute approximate surface area is 211 Å².